The molecular weight excluding hydrogens is 284 g/mol. The van der Waals surface area contributed by atoms with Crippen LogP contribution in [0.4, 0.5) is 0 Å². The Hall–Kier alpha value is -0.620. The summed E-state index contributed by atoms with van der Waals surface area (Å²) in [5.41, 5.74) is 0.965. The van der Waals surface area contributed by atoms with Gasteiger partial charge in [0.1, 0.15) is 0 Å². The second-order valence-electron chi connectivity index (χ2n) is 5.11. The highest BCUT2D eigenvalue weighted by Crippen LogP contribution is 2.19. The van der Waals surface area contributed by atoms with E-state index in [2.05, 4.69) is 5.32 Å². The van der Waals surface area contributed by atoms with Crippen LogP contribution in [-0.4, -0.2) is 37.9 Å². The van der Waals surface area contributed by atoms with Crippen LogP contribution in [0.5, 0.6) is 0 Å². The van der Waals surface area contributed by atoms with E-state index in [9.17, 15) is 8.42 Å². The lowest BCUT2D eigenvalue weighted by molar-refractivity contribution is 0.263. The summed E-state index contributed by atoms with van der Waals surface area (Å²) in [7, 11) is -3.36. The Kier molecular flexibility index (Phi) is 5.38. The molecule has 1 aromatic rings. The summed E-state index contributed by atoms with van der Waals surface area (Å²) in [6.45, 7) is 6.98. The van der Waals surface area contributed by atoms with E-state index in [0.717, 1.165) is 5.56 Å². The fraction of sp³-hybridized carbons (Fsp3) is 0.538. The highest BCUT2D eigenvalue weighted by atomic mass is 35.5. The fourth-order valence-corrected chi connectivity index (χ4v) is 4.12. The summed E-state index contributed by atoms with van der Waals surface area (Å²) < 4.78 is 26.6. The molecule has 19 heavy (non-hydrogen) atoms. The number of benzene rings is 1. The van der Waals surface area contributed by atoms with Gasteiger partial charge in [0.05, 0.1) is 4.90 Å². The molecule has 0 spiro atoms. The van der Waals surface area contributed by atoms with Crippen LogP contribution in [0, 0.1) is 6.92 Å². The smallest absolute Gasteiger partial charge is 0.243 e. The van der Waals surface area contributed by atoms with E-state index < -0.39 is 10.0 Å². The number of hydrogen-bond donors (Lipinski definition) is 1. The average Bonchev–Trinajstić information content (AvgIpc) is 2.27. The summed E-state index contributed by atoms with van der Waals surface area (Å²) in [5, 5.41) is 3.34. The van der Waals surface area contributed by atoms with Gasteiger partial charge < -0.3 is 5.32 Å². The highest BCUT2D eigenvalue weighted by molar-refractivity contribution is 7.89. The van der Waals surface area contributed by atoms with Crippen LogP contribution in [0.25, 0.3) is 0 Å². The summed E-state index contributed by atoms with van der Waals surface area (Å²) in [5.74, 6) is 0. The van der Waals surface area contributed by atoms with E-state index >= 15 is 0 Å². The second-order valence-corrected chi connectivity index (χ2v) is 7.05. The Morgan fingerprint density at radius 2 is 1.79 bits per heavy atom. The summed E-state index contributed by atoms with van der Waals surface area (Å²) >= 11 is 0. The Morgan fingerprint density at radius 1 is 1.21 bits per heavy atom. The molecule has 1 N–H and O–H groups in total. The van der Waals surface area contributed by atoms with Crippen molar-refractivity contribution < 1.29 is 8.42 Å². The summed E-state index contributed by atoms with van der Waals surface area (Å²) in [6, 6.07) is 7.47. The first-order chi connectivity index (χ1) is 8.39. The van der Waals surface area contributed by atoms with Crippen molar-refractivity contribution in [3.63, 3.8) is 0 Å². The first kappa shape index (κ1) is 16.4. The number of aryl methyl sites for hydroxylation is 1. The van der Waals surface area contributed by atoms with Gasteiger partial charge in [-0.25, -0.2) is 8.42 Å². The third-order valence-corrected chi connectivity index (χ3v) is 4.98. The molecule has 1 heterocycles. The summed E-state index contributed by atoms with van der Waals surface area (Å²) in [4.78, 5) is 0.392. The zero-order valence-electron chi connectivity index (χ0n) is 11.5. The first-order valence-corrected chi connectivity index (χ1v) is 7.66. The standard InChI is InChI=1S/C13H20N2O2S.ClH/c1-10-5-4-6-13(7-10)18(16,17)15-8-11(2)14-12(3)9-15;/h4-7,11-12,14H,8-9H2,1-3H3;1H. The van der Waals surface area contributed by atoms with Crippen molar-refractivity contribution in [1.82, 2.24) is 9.62 Å². The Morgan fingerprint density at radius 3 is 2.32 bits per heavy atom. The molecule has 0 amide bonds. The Bertz CT molecular complexity index is 523. The maximum Gasteiger partial charge on any atom is 0.243 e. The molecule has 0 bridgehead atoms. The topological polar surface area (TPSA) is 49.4 Å². The van der Waals surface area contributed by atoms with Crippen molar-refractivity contribution in [2.45, 2.75) is 37.8 Å². The van der Waals surface area contributed by atoms with Crippen LogP contribution < -0.4 is 5.32 Å². The maximum absolute atomic E-state index is 12.5. The van der Waals surface area contributed by atoms with Crippen molar-refractivity contribution in [2.75, 3.05) is 13.1 Å². The molecule has 0 aromatic heterocycles. The normalized spacial score (nSPS) is 24.8. The van der Waals surface area contributed by atoms with E-state index in [0.29, 0.717) is 18.0 Å². The quantitative estimate of drug-likeness (QED) is 0.906. The first-order valence-electron chi connectivity index (χ1n) is 6.22. The van der Waals surface area contributed by atoms with Crippen molar-refractivity contribution in [3.05, 3.63) is 29.8 Å². The van der Waals surface area contributed by atoms with E-state index in [1.165, 1.54) is 0 Å². The van der Waals surface area contributed by atoms with Gasteiger partial charge in [0.15, 0.2) is 0 Å². The van der Waals surface area contributed by atoms with Gasteiger partial charge in [-0.1, -0.05) is 12.1 Å². The molecule has 1 fully saturated rings. The number of halogens is 1. The predicted octanol–water partition coefficient (Wildman–Crippen LogP) is 1.79. The monoisotopic (exact) mass is 304 g/mol. The lowest BCUT2D eigenvalue weighted by atomic mass is 10.2. The molecule has 1 aliphatic rings. The van der Waals surface area contributed by atoms with Crippen LogP contribution in [0.15, 0.2) is 29.2 Å². The van der Waals surface area contributed by atoms with Crippen molar-refractivity contribution in [2.24, 2.45) is 0 Å². The van der Waals surface area contributed by atoms with Gasteiger partial charge in [0.2, 0.25) is 10.0 Å². The molecule has 4 nitrogen and oxygen atoms in total. The SMILES string of the molecule is Cc1cccc(S(=O)(=O)N2CC(C)NC(C)C2)c1.Cl. The molecule has 1 saturated heterocycles. The molecule has 0 saturated carbocycles. The van der Waals surface area contributed by atoms with Gasteiger partial charge in [-0.15, -0.1) is 12.4 Å². The van der Waals surface area contributed by atoms with Crippen LogP contribution in [0.1, 0.15) is 19.4 Å². The Labute approximate surface area is 121 Å². The molecular formula is C13H21ClN2O2S. The number of piperazine rings is 1. The molecule has 108 valence electrons. The number of nitrogens with zero attached hydrogens (tertiary/aromatic N) is 1. The predicted molar refractivity (Wildman–Crippen MR) is 79.2 cm³/mol. The fourth-order valence-electron chi connectivity index (χ4n) is 2.40. The molecule has 1 aromatic carbocycles. The maximum atomic E-state index is 12.5. The van der Waals surface area contributed by atoms with Gasteiger partial charge >= 0.3 is 0 Å². The second kappa shape index (κ2) is 6.22. The molecule has 2 rings (SSSR count). The van der Waals surface area contributed by atoms with E-state index in [-0.39, 0.29) is 24.5 Å². The number of hydrogen-bond acceptors (Lipinski definition) is 3. The number of nitrogens with one attached hydrogen (secondary N) is 1. The molecule has 0 radical (unpaired) electrons. The van der Waals surface area contributed by atoms with E-state index in [1.807, 2.05) is 26.8 Å². The van der Waals surface area contributed by atoms with E-state index in [1.54, 1.807) is 22.5 Å². The number of sulfonamides is 1. The van der Waals surface area contributed by atoms with Crippen molar-refractivity contribution >= 4 is 22.4 Å². The van der Waals surface area contributed by atoms with Gasteiger partial charge in [0.25, 0.3) is 0 Å². The van der Waals surface area contributed by atoms with Gasteiger partial charge in [-0.3, -0.25) is 0 Å². The van der Waals surface area contributed by atoms with Crippen molar-refractivity contribution in [1.29, 1.82) is 0 Å². The van der Waals surface area contributed by atoms with E-state index in [4.69, 9.17) is 0 Å². The molecule has 0 aliphatic carbocycles. The Balaban J connectivity index is 0.00000180. The zero-order valence-corrected chi connectivity index (χ0v) is 13.1. The molecule has 2 unspecified atom stereocenters. The minimum Gasteiger partial charge on any atom is -0.309 e. The lowest BCUT2D eigenvalue weighted by Crippen LogP contribution is -2.55. The molecule has 6 heteroatoms. The largest absolute Gasteiger partial charge is 0.309 e. The third-order valence-electron chi connectivity index (χ3n) is 3.15. The van der Waals surface area contributed by atoms with Crippen LogP contribution in [0.2, 0.25) is 0 Å². The molecule has 1 aliphatic heterocycles. The third kappa shape index (κ3) is 3.69. The minimum atomic E-state index is -3.36. The van der Waals surface area contributed by atoms with Gasteiger partial charge in [-0.2, -0.15) is 4.31 Å². The highest BCUT2D eigenvalue weighted by Gasteiger charge is 2.31. The molecule has 2 atom stereocenters. The number of rotatable bonds is 2. The summed E-state index contributed by atoms with van der Waals surface area (Å²) in [6.07, 6.45) is 0. The zero-order chi connectivity index (χ0) is 13.3. The average molecular weight is 305 g/mol. The minimum absolute atomic E-state index is 0. The van der Waals surface area contributed by atoms with Gasteiger partial charge in [0, 0.05) is 25.2 Å². The van der Waals surface area contributed by atoms with Crippen LogP contribution in [0.3, 0.4) is 0 Å². The van der Waals surface area contributed by atoms with Gasteiger partial charge in [-0.05, 0) is 38.5 Å². The van der Waals surface area contributed by atoms with Crippen LogP contribution in [-0.2, 0) is 10.0 Å². The van der Waals surface area contributed by atoms with Crippen molar-refractivity contribution in [3.8, 4) is 0 Å². The van der Waals surface area contributed by atoms with Crippen LogP contribution >= 0.6 is 12.4 Å². The lowest BCUT2D eigenvalue weighted by Gasteiger charge is -2.35.